The fraction of sp³-hybridized carbons (Fsp3) is 0.458. The molecule has 4 aliphatic carbocycles. The first-order valence-electron chi connectivity index (χ1n) is 11.1. The summed E-state index contributed by atoms with van der Waals surface area (Å²) in [6.07, 6.45) is 12.0. The van der Waals surface area contributed by atoms with Gasteiger partial charge in [0, 0.05) is 35.0 Å². The smallest absolute Gasteiger partial charge is 0.173 e. The minimum atomic E-state index is -0.304. The molecule has 4 aromatic heterocycles. The van der Waals surface area contributed by atoms with E-state index in [1.807, 2.05) is 42.9 Å². The van der Waals surface area contributed by atoms with E-state index in [4.69, 9.17) is 4.98 Å². The molecule has 8 rings (SSSR count). The molecule has 0 aliphatic heterocycles. The monoisotopic (exact) mass is 416 g/mol. The highest BCUT2D eigenvalue weighted by atomic mass is 19.1. The lowest BCUT2D eigenvalue weighted by Crippen LogP contribution is -2.76. The lowest BCUT2D eigenvalue weighted by molar-refractivity contribution is -0.165. The van der Waals surface area contributed by atoms with Gasteiger partial charge in [0.2, 0.25) is 0 Å². The summed E-state index contributed by atoms with van der Waals surface area (Å²) in [7, 11) is 2.28. The van der Waals surface area contributed by atoms with Crippen molar-refractivity contribution in [3.05, 3.63) is 53.5 Å². The molecule has 4 saturated carbocycles. The Kier molecular flexibility index (Phi) is 3.17. The molecule has 31 heavy (non-hydrogen) atoms. The number of imidazole rings is 2. The predicted octanol–water partition coefficient (Wildman–Crippen LogP) is 4.07. The number of halogens is 1. The lowest BCUT2D eigenvalue weighted by atomic mass is 9.38. The second kappa shape index (κ2) is 5.51. The Morgan fingerprint density at radius 3 is 2.55 bits per heavy atom. The van der Waals surface area contributed by atoms with E-state index in [9.17, 15) is 0 Å². The summed E-state index contributed by atoms with van der Waals surface area (Å²) in [6.45, 7) is 3.96. The Bertz CT molecular complexity index is 1370. The molecule has 0 amide bonds. The zero-order valence-electron chi connectivity index (χ0n) is 18.1. The van der Waals surface area contributed by atoms with Crippen molar-refractivity contribution >= 4 is 11.3 Å². The van der Waals surface area contributed by atoms with Gasteiger partial charge in [0.1, 0.15) is 0 Å². The van der Waals surface area contributed by atoms with Crippen LogP contribution in [0.5, 0.6) is 0 Å². The van der Waals surface area contributed by atoms with Crippen LogP contribution in [0.3, 0.4) is 0 Å². The van der Waals surface area contributed by atoms with Gasteiger partial charge in [-0.15, -0.1) is 0 Å². The first-order valence-corrected chi connectivity index (χ1v) is 11.1. The van der Waals surface area contributed by atoms with Gasteiger partial charge < -0.3 is 4.40 Å². The fourth-order valence-corrected chi connectivity index (χ4v) is 6.07. The van der Waals surface area contributed by atoms with Crippen molar-refractivity contribution in [3.8, 4) is 11.3 Å². The number of fused-ring (bicyclic) bond motifs is 2. The molecule has 4 aliphatic rings. The summed E-state index contributed by atoms with van der Waals surface area (Å²) < 4.78 is 18.7. The van der Waals surface area contributed by atoms with Gasteiger partial charge in [-0.1, -0.05) is 0 Å². The maximum absolute atomic E-state index is 15.1. The van der Waals surface area contributed by atoms with E-state index in [1.54, 1.807) is 10.6 Å². The van der Waals surface area contributed by atoms with Gasteiger partial charge >= 0.3 is 0 Å². The summed E-state index contributed by atoms with van der Waals surface area (Å²) in [5.41, 5.74) is 6.21. The van der Waals surface area contributed by atoms with Crippen molar-refractivity contribution in [3.63, 3.8) is 0 Å². The van der Waals surface area contributed by atoms with Crippen LogP contribution in [0.2, 0.25) is 0 Å². The lowest BCUT2D eigenvalue weighted by Gasteiger charge is -2.73. The predicted molar refractivity (Wildman–Crippen MR) is 116 cm³/mol. The average molecular weight is 417 g/mol. The Labute approximate surface area is 179 Å². The first-order chi connectivity index (χ1) is 14.9. The maximum atomic E-state index is 15.1. The van der Waals surface area contributed by atoms with Gasteiger partial charge in [-0.3, -0.25) is 4.90 Å². The van der Waals surface area contributed by atoms with Crippen LogP contribution in [0, 0.1) is 19.7 Å². The van der Waals surface area contributed by atoms with Crippen LogP contribution >= 0.6 is 0 Å². The van der Waals surface area contributed by atoms with Crippen LogP contribution in [-0.4, -0.2) is 47.5 Å². The molecule has 4 heterocycles. The van der Waals surface area contributed by atoms with E-state index in [0.717, 1.165) is 59.2 Å². The first kappa shape index (κ1) is 17.8. The fourth-order valence-electron chi connectivity index (χ4n) is 6.07. The standard InChI is InChI=1S/C24H25FN6/c1-14-6-19(28-31-8-15(2)26-21(14)31)16-7-18(25)22-27-20(10-30(22)9-16)23-11-24(12-23,13-23)29(3)17-4-5-17/h6-10,17H,4-5,11-13H2,1-3H3. The van der Waals surface area contributed by atoms with Gasteiger partial charge in [0.15, 0.2) is 17.1 Å². The number of aromatic nitrogens is 5. The Hall–Kier alpha value is -2.80. The van der Waals surface area contributed by atoms with E-state index >= 15 is 4.39 Å². The quantitative estimate of drug-likeness (QED) is 0.503. The van der Waals surface area contributed by atoms with Crippen molar-refractivity contribution in [2.75, 3.05) is 7.05 Å². The van der Waals surface area contributed by atoms with Crippen LogP contribution in [0.4, 0.5) is 4.39 Å². The molecule has 0 N–H and O–H groups in total. The molecule has 0 spiro atoms. The highest BCUT2D eigenvalue weighted by Gasteiger charge is 2.72. The molecule has 0 unspecified atom stereocenters. The molecule has 0 atom stereocenters. The van der Waals surface area contributed by atoms with Crippen molar-refractivity contribution in [1.82, 2.24) is 28.9 Å². The molecular formula is C24H25FN6. The molecule has 6 nitrogen and oxygen atoms in total. The summed E-state index contributed by atoms with van der Waals surface area (Å²) in [5.74, 6) is -0.304. The highest BCUT2D eigenvalue weighted by molar-refractivity contribution is 5.65. The number of aryl methyl sites for hydroxylation is 2. The van der Waals surface area contributed by atoms with Gasteiger partial charge in [-0.2, -0.15) is 5.10 Å². The summed E-state index contributed by atoms with van der Waals surface area (Å²) >= 11 is 0. The molecule has 2 bridgehead atoms. The number of hydrogen-bond acceptors (Lipinski definition) is 4. The SMILES string of the molecule is Cc1cn2nc(-c3cc(F)c4nc(C56CC(N(C)C7CC7)(C5)C6)cn4c3)cc(C)c2n1. The Balaban J connectivity index is 1.25. The van der Waals surface area contributed by atoms with Gasteiger partial charge in [-0.05, 0) is 70.7 Å². The zero-order chi connectivity index (χ0) is 21.1. The van der Waals surface area contributed by atoms with Crippen LogP contribution < -0.4 is 0 Å². The highest BCUT2D eigenvalue weighted by Crippen LogP contribution is 2.70. The summed E-state index contributed by atoms with van der Waals surface area (Å²) in [4.78, 5) is 11.8. The van der Waals surface area contributed by atoms with Crippen LogP contribution in [0.15, 0.2) is 30.7 Å². The van der Waals surface area contributed by atoms with Crippen molar-refractivity contribution in [2.24, 2.45) is 0 Å². The van der Waals surface area contributed by atoms with Crippen molar-refractivity contribution in [1.29, 1.82) is 0 Å². The number of nitrogens with zero attached hydrogens (tertiary/aromatic N) is 6. The molecule has 0 aromatic carbocycles. The van der Waals surface area contributed by atoms with Crippen molar-refractivity contribution < 1.29 is 4.39 Å². The Morgan fingerprint density at radius 1 is 1.03 bits per heavy atom. The zero-order valence-corrected chi connectivity index (χ0v) is 18.1. The number of hydrogen-bond donors (Lipinski definition) is 0. The molecule has 7 heteroatoms. The second-order valence-electron chi connectivity index (χ2n) is 10.2. The minimum Gasteiger partial charge on any atom is -0.304 e. The van der Waals surface area contributed by atoms with E-state index in [1.165, 1.54) is 12.8 Å². The van der Waals surface area contributed by atoms with Crippen LogP contribution in [0.1, 0.15) is 49.1 Å². The van der Waals surface area contributed by atoms with E-state index in [0.29, 0.717) is 11.2 Å². The van der Waals surface area contributed by atoms with Gasteiger partial charge in [-0.25, -0.2) is 18.9 Å². The molecule has 0 radical (unpaired) electrons. The largest absolute Gasteiger partial charge is 0.304 e. The minimum absolute atomic E-state index is 0.143. The third-order valence-electron chi connectivity index (χ3n) is 7.92. The van der Waals surface area contributed by atoms with E-state index in [2.05, 4.69) is 22.0 Å². The number of pyridine rings is 1. The third kappa shape index (κ3) is 2.32. The van der Waals surface area contributed by atoms with Gasteiger partial charge in [0.25, 0.3) is 0 Å². The van der Waals surface area contributed by atoms with Gasteiger partial charge in [0.05, 0.1) is 23.3 Å². The third-order valence-corrected chi connectivity index (χ3v) is 7.92. The molecular weight excluding hydrogens is 391 g/mol. The summed E-state index contributed by atoms with van der Waals surface area (Å²) in [6, 6.07) is 4.30. The van der Waals surface area contributed by atoms with Crippen molar-refractivity contribution in [2.45, 2.75) is 62.9 Å². The molecule has 4 fully saturated rings. The number of rotatable bonds is 4. The van der Waals surface area contributed by atoms with E-state index < -0.39 is 0 Å². The normalized spacial score (nSPS) is 27.1. The topological polar surface area (TPSA) is 50.7 Å². The molecule has 0 saturated heterocycles. The van der Waals surface area contributed by atoms with Crippen LogP contribution in [0.25, 0.3) is 22.6 Å². The Morgan fingerprint density at radius 2 is 1.81 bits per heavy atom. The maximum Gasteiger partial charge on any atom is 0.173 e. The average Bonchev–Trinajstić information content (AvgIpc) is 3.31. The van der Waals surface area contributed by atoms with Crippen LogP contribution in [-0.2, 0) is 5.41 Å². The van der Waals surface area contributed by atoms with E-state index in [-0.39, 0.29) is 11.2 Å². The molecule has 4 aromatic rings. The molecule has 158 valence electrons. The summed E-state index contributed by atoms with van der Waals surface area (Å²) in [5, 5.41) is 4.66. The second-order valence-corrected chi connectivity index (χ2v) is 10.2.